The third-order valence-corrected chi connectivity index (χ3v) is 3.22. The van der Waals surface area contributed by atoms with Gasteiger partial charge in [0.25, 0.3) is 0 Å². The van der Waals surface area contributed by atoms with Crippen molar-refractivity contribution in [1.82, 2.24) is 0 Å². The highest BCUT2D eigenvalue weighted by Crippen LogP contribution is 2.11. The Hall–Kier alpha value is -0.820. The highest BCUT2D eigenvalue weighted by Gasteiger charge is 1.91. The van der Waals surface area contributed by atoms with Crippen LogP contribution in [0.5, 0.6) is 0 Å². The first-order valence-electron chi connectivity index (χ1n) is 7.86. The van der Waals surface area contributed by atoms with Crippen LogP contribution in [0.3, 0.4) is 0 Å². The molecule has 0 aromatic heterocycles. The van der Waals surface area contributed by atoms with E-state index in [4.69, 9.17) is 0 Å². The monoisotopic (exact) mass is 266 g/mol. The molecule has 0 saturated heterocycles. The SMILES string of the molecule is C=CC=CC=CCCCCCCCCCCCC.O. The smallest absolute Gasteiger partial charge is 0.0348 e. The average Bonchev–Trinajstić information content (AvgIpc) is 2.39. The molecule has 0 aromatic rings. The summed E-state index contributed by atoms with van der Waals surface area (Å²) in [6.07, 6.45) is 25.6. The molecular weight excluding hydrogens is 232 g/mol. The molecule has 0 aliphatic heterocycles. The van der Waals surface area contributed by atoms with Crippen LogP contribution in [0.15, 0.2) is 37.0 Å². The summed E-state index contributed by atoms with van der Waals surface area (Å²) in [5.41, 5.74) is 0. The third kappa shape index (κ3) is 19.7. The lowest BCUT2D eigenvalue weighted by atomic mass is 10.1. The van der Waals surface area contributed by atoms with E-state index in [0.29, 0.717) is 0 Å². The highest BCUT2D eigenvalue weighted by atomic mass is 16.0. The van der Waals surface area contributed by atoms with E-state index in [1.54, 1.807) is 0 Å². The molecule has 0 atom stereocenters. The van der Waals surface area contributed by atoms with Crippen molar-refractivity contribution in [2.75, 3.05) is 0 Å². The second kappa shape index (κ2) is 19.5. The third-order valence-electron chi connectivity index (χ3n) is 3.22. The number of hydrogen-bond donors (Lipinski definition) is 0. The van der Waals surface area contributed by atoms with Crippen LogP contribution in [0.4, 0.5) is 0 Å². The average molecular weight is 266 g/mol. The van der Waals surface area contributed by atoms with E-state index in [2.05, 4.69) is 25.7 Å². The van der Waals surface area contributed by atoms with Crippen molar-refractivity contribution < 1.29 is 5.48 Å². The summed E-state index contributed by atoms with van der Waals surface area (Å²) in [5.74, 6) is 0. The van der Waals surface area contributed by atoms with Crippen LogP contribution in [0.2, 0.25) is 0 Å². The molecule has 0 aliphatic carbocycles. The van der Waals surface area contributed by atoms with Gasteiger partial charge in [0.2, 0.25) is 0 Å². The molecule has 1 heteroatoms. The molecule has 0 amide bonds. The Morgan fingerprint density at radius 3 is 1.74 bits per heavy atom. The lowest BCUT2D eigenvalue weighted by Gasteiger charge is -2.01. The Morgan fingerprint density at radius 1 is 0.684 bits per heavy atom. The number of allylic oxidation sites excluding steroid dienone is 5. The van der Waals surface area contributed by atoms with Crippen molar-refractivity contribution in [2.24, 2.45) is 0 Å². The lowest BCUT2D eigenvalue weighted by Crippen LogP contribution is -1.81. The Kier molecular flexibility index (Phi) is 21.1. The fourth-order valence-electron chi connectivity index (χ4n) is 2.07. The Labute approximate surface area is 120 Å². The minimum Gasteiger partial charge on any atom is -0.412 e. The second-order valence-electron chi connectivity index (χ2n) is 5.02. The molecule has 0 saturated carbocycles. The van der Waals surface area contributed by atoms with Gasteiger partial charge in [0.15, 0.2) is 0 Å². The van der Waals surface area contributed by atoms with Crippen molar-refractivity contribution in [1.29, 1.82) is 0 Å². The van der Waals surface area contributed by atoms with Gasteiger partial charge in [-0.3, -0.25) is 0 Å². The molecule has 0 rings (SSSR count). The maximum Gasteiger partial charge on any atom is -0.0348 e. The molecule has 0 fully saturated rings. The summed E-state index contributed by atoms with van der Waals surface area (Å²) in [4.78, 5) is 0. The quantitative estimate of drug-likeness (QED) is 0.299. The van der Waals surface area contributed by atoms with Crippen LogP contribution in [0.25, 0.3) is 0 Å². The number of hydrogen-bond acceptors (Lipinski definition) is 0. The molecule has 112 valence electrons. The van der Waals surface area contributed by atoms with Gasteiger partial charge in [-0.15, -0.1) is 0 Å². The summed E-state index contributed by atoms with van der Waals surface area (Å²) in [7, 11) is 0. The summed E-state index contributed by atoms with van der Waals surface area (Å²) in [5, 5.41) is 0. The van der Waals surface area contributed by atoms with Crippen molar-refractivity contribution in [3.63, 3.8) is 0 Å². The van der Waals surface area contributed by atoms with Crippen molar-refractivity contribution in [3.8, 4) is 0 Å². The molecular formula is C18H34O. The van der Waals surface area contributed by atoms with Gasteiger partial charge in [-0.05, 0) is 12.8 Å². The predicted molar refractivity (Wildman–Crippen MR) is 88.6 cm³/mol. The molecule has 19 heavy (non-hydrogen) atoms. The molecule has 2 N–H and O–H groups in total. The van der Waals surface area contributed by atoms with E-state index in [-0.39, 0.29) is 5.48 Å². The molecule has 0 bridgehead atoms. The zero-order valence-corrected chi connectivity index (χ0v) is 12.9. The minimum atomic E-state index is 0. The molecule has 0 radical (unpaired) electrons. The fraction of sp³-hybridized carbons (Fsp3) is 0.667. The van der Waals surface area contributed by atoms with Crippen LogP contribution < -0.4 is 0 Å². The van der Waals surface area contributed by atoms with Crippen molar-refractivity contribution in [3.05, 3.63) is 37.0 Å². The minimum absolute atomic E-state index is 0. The van der Waals surface area contributed by atoms with Crippen LogP contribution in [0, 0.1) is 0 Å². The maximum absolute atomic E-state index is 3.64. The molecule has 0 aliphatic rings. The van der Waals surface area contributed by atoms with Crippen LogP contribution in [-0.4, -0.2) is 5.48 Å². The Balaban J connectivity index is 0. The topological polar surface area (TPSA) is 31.5 Å². The summed E-state index contributed by atoms with van der Waals surface area (Å²) in [6.45, 7) is 5.92. The van der Waals surface area contributed by atoms with Crippen LogP contribution in [0.1, 0.15) is 77.6 Å². The first-order chi connectivity index (χ1) is 8.91. The van der Waals surface area contributed by atoms with Gasteiger partial charge in [0.05, 0.1) is 0 Å². The van der Waals surface area contributed by atoms with E-state index in [1.165, 1.54) is 70.6 Å². The van der Waals surface area contributed by atoms with Gasteiger partial charge >= 0.3 is 0 Å². The normalized spacial score (nSPS) is 11.0. The van der Waals surface area contributed by atoms with Gasteiger partial charge in [0, 0.05) is 0 Å². The molecule has 0 aromatic carbocycles. The first kappa shape index (κ1) is 20.5. The van der Waals surface area contributed by atoms with E-state index in [9.17, 15) is 0 Å². The van der Waals surface area contributed by atoms with Gasteiger partial charge in [-0.2, -0.15) is 0 Å². The van der Waals surface area contributed by atoms with Gasteiger partial charge in [-0.25, -0.2) is 0 Å². The maximum atomic E-state index is 3.64. The lowest BCUT2D eigenvalue weighted by molar-refractivity contribution is 0.557. The Morgan fingerprint density at radius 2 is 1.21 bits per heavy atom. The van der Waals surface area contributed by atoms with Crippen LogP contribution >= 0.6 is 0 Å². The molecule has 1 nitrogen and oxygen atoms in total. The fourth-order valence-corrected chi connectivity index (χ4v) is 2.07. The van der Waals surface area contributed by atoms with E-state index < -0.39 is 0 Å². The largest absolute Gasteiger partial charge is 0.412 e. The van der Waals surface area contributed by atoms with Gasteiger partial charge in [-0.1, -0.05) is 102 Å². The summed E-state index contributed by atoms with van der Waals surface area (Å²) in [6, 6.07) is 0. The van der Waals surface area contributed by atoms with E-state index in [1.807, 2.05) is 18.2 Å². The van der Waals surface area contributed by atoms with Crippen LogP contribution in [-0.2, 0) is 0 Å². The van der Waals surface area contributed by atoms with Gasteiger partial charge < -0.3 is 5.48 Å². The molecule has 0 heterocycles. The van der Waals surface area contributed by atoms with Crippen molar-refractivity contribution in [2.45, 2.75) is 77.6 Å². The zero-order valence-electron chi connectivity index (χ0n) is 12.9. The van der Waals surface area contributed by atoms with E-state index in [0.717, 1.165) is 0 Å². The zero-order chi connectivity index (χ0) is 13.3. The summed E-state index contributed by atoms with van der Waals surface area (Å²) < 4.78 is 0. The Bertz CT molecular complexity index is 216. The predicted octanol–water partition coefficient (Wildman–Crippen LogP) is 5.77. The van der Waals surface area contributed by atoms with E-state index >= 15 is 0 Å². The number of rotatable bonds is 13. The molecule has 0 spiro atoms. The van der Waals surface area contributed by atoms with Crippen molar-refractivity contribution >= 4 is 0 Å². The number of unbranched alkanes of at least 4 members (excludes halogenated alkanes) is 10. The first-order valence-corrected chi connectivity index (χ1v) is 7.86. The second-order valence-corrected chi connectivity index (χ2v) is 5.02. The highest BCUT2D eigenvalue weighted by molar-refractivity contribution is 5.08. The molecule has 0 unspecified atom stereocenters. The summed E-state index contributed by atoms with van der Waals surface area (Å²) >= 11 is 0. The standard InChI is InChI=1S/C18H32.H2O/c1-3-5-7-9-11-13-15-17-18-16-14-12-10-8-6-4-2;/h3,5,7,9,11H,1,4,6,8,10,12-18H2,2H3;1H2. The van der Waals surface area contributed by atoms with Gasteiger partial charge in [0.1, 0.15) is 0 Å².